The van der Waals surface area contributed by atoms with Crippen molar-refractivity contribution in [3.05, 3.63) is 70.7 Å². The van der Waals surface area contributed by atoms with Crippen molar-refractivity contribution < 1.29 is 17.6 Å². The van der Waals surface area contributed by atoms with Crippen molar-refractivity contribution in [2.75, 3.05) is 0 Å². The van der Waals surface area contributed by atoms with Crippen LogP contribution < -0.4 is 0 Å². The van der Waals surface area contributed by atoms with Gasteiger partial charge in [0.25, 0.3) is 0 Å². The van der Waals surface area contributed by atoms with Crippen LogP contribution in [0.4, 0.5) is 17.6 Å². The molecule has 0 amide bonds. The van der Waals surface area contributed by atoms with E-state index in [1.54, 1.807) is 6.08 Å². The molecule has 4 nitrogen and oxygen atoms in total. The van der Waals surface area contributed by atoms with Crippen LogP contribution in [-0.4, -0.2) is 15.4 Å². The number of benzene rings is 2. The highest BCUT2D eigenvalue weighted by Crippen LogP contribution is 2.30. The van der Waals surface area contributed by atoms with Crippen molar-refractivity contribution in [3.63, 3.8) is 0 Å². The van der Waals surface area contributed by atoms with Crippen LogP contribution in [-0.2, 0) is 6.18 Å². The number of alkyl halides is 3. The van der Waals surface area contributed by atoms with Gasteiger partial charge in [0.1, 0.15) is 17.6 Å². The summed E-state index contributed by atoms with van der Waals surface area (Å²) in [6, 6.07) is 10.8. The summed E-state index contributed by atoms with van der Waals surface area (Å²) < 4.78 is 52.3. The van der Waals surface area contributed by atoms with Gasteiger partial charge in [-0.1, -0.05) is 35.6 Å². The fourth-order valence-electron chi connectivity index (χ4n) is 2.33. The molecule has 0 aliphatic carbocycles. The minimum Gasteiger partial charge on any atom is -0.247 e. The Morgan fingerprint density at radius 2 is 1.77 bits per heavy atom. The van der Waals surface area contributed by atoms with Crippen LogP contribution in [0.1, 0.15) is 22.4 Å². The first kappa shape index (κ1) is 17.4. The lowest BCUT2D eigenvalue weighted by atomic mass is 10.0. The van der Waals surface area contributed by atoms with Gasteiger partial charge in [-0.3, -0.25) is 0 Å². The summed E-state index contributed by atoms with van der Waals surface area (Å²) in [6.07, 6.45) is -1.39. The first-order chi connectivity index (χ1) is 12.4. The fourth-order valence-corrected chi connectivity index (χ4v) is 2.33. The number of halogens is 4. The zero-order chi connectivity index (χ0) is 18.7. The summed E-state index contributed by atoms with van der Waals surface area (Å²) in [5.41, 5.74) is 0.292. The summed E-state index contributed by atoms with van der Waals surface area (Å²) in [5.74, 6) is -0.591. The van der Waals surface area contributed by atoms with Gasteiger partial charge in [-0.2, -0.15) is 18.4 Å². The molecule has 0 aliphatic rings. The van der Waals surface area contributed by atoms with Crippen molar-refractivity contribution in [1.82, 2.24) is 15.4 Å². The minimum atomic E-state index is -4.42. The quantitative estimate of drug-likeness (QED) is 0.546. The van der Waals surface area contributed by atoms with E-state index in [0.29, 0.717) is 11.1 Å². The molecule has 1 N–H and O–H groups in total. The smallest absolute Gasteiger partial charge is 0.247 e. The maximum absolute atomic E-state index is 14.1. The van der Waals surface area contributed by atoms with E-state index in [4.69, 9.17) is 5.26 Å². The van der Waals surface area contributed by atoms with Crippen LogP contribution in [0.2, 0.25) is 0 Å². The SMILES string of the molecule is N#Cc1[nH]nnc1-c1cc(/C=C/c2cccc(C(F)(F)F)c2)ccc1F. The summed E-state index contributed by atoms with van der Waals surface area (Å²) >= 11 is 0. The highest BCUT2D eigenvalue weighted by atomic mass is 19.4. The van der Waals surface area contributed by atoms with E-state index in [-0.39, 0.29) is 17.0 Å². The molecule has 1 heterocycles. The Bertz CT molecular complexity index is 1010. The number of aromatic amines is 1. The Hall–Kier alpha value is -3.47. The van der Waals surface area contributed by atoms with E-state index < -0.39 is 17.6 Å². The molecule has 0 aliphatic heterocycles. The van der Waals surface area contributed by atoms with Crippen molar-refractivity contribution in [1.29, 1.82) is 5.26 Å². The average molecular weight is 358 g/mol. The number of nitriles is 1. The molecule has 0 unspecified atom stereocenters. The Morgan fingerprint density at radius 1 is 1.04 bits per heavy atom. The van der Waals surface area contributed by atoms with Gasteiger partial charge in [0.2, 0.25) is 0 Å². The number of rotatable bonds is 3. The normalized spacial score (nSPS) is 11.7. The molecule has 130 valence electrons. The van der Waals surface area contributed by atoms with E-state index in [2.05, 4.69) is 15.4 Å². The number of nitrogens with one attached hydrogen (secondary N) is 1. The lowest BCUT2D eigenvalue weighted by Gasteiger charge is -2.06. The maximum Gasteiger partial charge on any atom is 0.416 e. The molecule has 0 spiro atoms. The van der Waals surface area contributed by atoms with Crippen LogP contribution in [0.5, 0.6) is 0 Å². The molecule has 0 saturated heterocycles. The number of hydrogen-bond donors (Lipinski definition) is 1. The predicted molar refractivity (Wildman–Crippen MR) is 86.9 cm³/mol. The molecule has 0 fully saturated rings. The highest BCUT2D eigenvalue weighted by Gasteiger charge is 2.30. The first-order valence-electron chi connectivity index (χ1n) is 7.35. The van der Waals surface area contributed by atoms with Crippen LogP contribution in [0.3, 0.4) is 0 Å². The topological polar surface area (TPSA) is 65.4 Å². The van der Waals surface area contributed by atoms with Crippen LogP contribution >= 0.6 is 0 Å². The van der Waals surface area contributed by atoms with Crippen molar-refractivity contribution >= 4 is 12.2 Å². The second-order valence-corrected chi connectivity index (χ2v) is 5.34. The van der Waals surface area contributed by atoms with Gasteiger partial charge in [0, 0.05) is 5.56 Å². The van der Waals surface area contributed by atoms with E-state index in [9.17, 15) is 17.6 Å². The third kappa shape index (κ3) is 3.62. The van der Waals surface area contributed by atoms with Crippen LogP contribution in [0.15, 0.2) is 42.5 Å². The summed E-state index contributed by atoms with van der Waals surface area (Å²) in [4.78, 5) is 0. The van der Waals surface area contributed by atoms with Crippen molar-refractivity contribution in [3.8, 4) is 17.3 Å². The minimum absolute atomic E-state index is 0.0166. The van der Waals surface area contributed by atoms with E-state index in [0.717, 1.165) is 12.1 Å². The molecular weight excluding hydrogens is 348 g/mol. The predicted octanol–water partition coefficient (Wildman–Crippen LogP) is 4.67. The molecule has 8 heteroatoms. The zero-order valence-electron chi connectivity index (χ0n) is 13.0. The van der Waals surface area contributed by atoms with Crippen LogP contribution in [0.25, 0.3) is 23.4 Å². The molecule has 0 bridgehead atoms. The largest absolute Gasteiger partial charge is 0.416 e. The van der Waals surface area contributed by atoms with Gasteiger partial charge in [-0.15, -0.1) is 5.10 Å². The van der Waals surface area contributed by atoms with Gasteiger partial charge in [-0.05, 0) is 35.4 Å². The van der Waals surface area contributed by atoms with Gasteiger partial charge in [0.15, 0.2) is 5.69 Å². The maximum atomic E-state index is 14.1. The molecular formula is C18H10F4N4. The number of nitrogens with zero attached hydrogens (tertiary/aromatic N) is 3. The monoisotopic (exact) mass is 358 g/mol. The van der Waals surface area contributed by atoms with E-state index >= 15 is 0 Å². The molecule has 0 saturated carbocycles. The lowest BCUT2D eigenvalue weighted by Crippen LogP contribution is -2.04. The Kier molecular flexibility index (Phi) is 4.54. The summed E-state index contributed by atoms with van der Waals surface area (Å²) in [6.45, 7) is 0. The average Bonchev–Trinajstić information content (AvgIpc) is 3.09. The first-order valence-corrected chi connectivity index (χ1v) is 7.35. The number of aromatic nitrogens is 3. The Labute approximate surface area is 145 Å². The standard InChI is InChI=1S/C18H10F4N4/c19-15-7-6-12(9-14(15)17-16(10-23)24-26-25-17)5-4-11-2-1-3-13(8-11)18(20,21)22/h1-9H,(H,24,25,26)/b5-4+. The van der Waals surface area contributed by atoms with Crippen molar-refractivity contribution in [2.45, 2.75) is 6.18 Å². The number of H-pyrrole nitrogens is 1. The third-order valence-electron chi connectivity index (χ3n) is 3.59. The second-order valence-electron chi connectivity index (χ2n) is 5.34. The molecule has 3 rings (SSSR count). The molecule has 0 radical (unpaired) electrons. The molecule has 26 heavy (non-hydrogen) atoms. The van der Waals surface area contributed by atoms with E-state index in [1.807, 2.05) is 6.07 Å². The van der Waals surface area contributed by atoms with Gasteiger partial charge < -0.3 is 0 Å². The van der Waals surface area contributed by atoms with Crippen molar-refractivity contribution in [2.24, 2.45) is 0 Å². The van der Waals surface area contributed by atoms with E-state index in [1.165, 1.54) is 36.4 Å². The molecule has 2 aromatic carbocycles. The molecule has 3 aromatic rings. The zero-order valence-corrected chi connectivity index (χ0v) is 13.0. The Balaban J connectivity index is 1.93. The Morgan fingerprint density at radius 3 is 2.46 bits per heavy atom. The summed E-state index contributed by atoms with van der Waals surface area (Å²) in [5, 5.41) is 18.5. The van der Waals surface area contributed by atoms with Gasteiger partial charge in [-0.25, -0.2) is 9.49 Å². The fraction of sp³-hybridized carbons (Fsp3) is 0.0556. The highest BCUT2D eigenvalue weighted by molar-refractivity contribution is 5.74. The lowest BCUT2D eigenvalue weighted by molar-refractivity contribution is -0.137. The molecule has 0 atom stereocenters. The number of hydrogen-bond acceptors (Lipinski definition) is 3. The summed E-state index contributed by atoms with van der Waals surface area (Å²) in [7, 11) is 0. The van der Waals surface area contributed by atoms with Gasteiger partial charge in [0.05, 0.1) is 5.56 Å². The third-order valence-corrected chi connectivity index (χ3v) is 3.59. The molecule has 1 aromatic heterocycles. The second kappa shape index (κ2) is 6.80. The van der Waals surface area contributed by atoms with Crippen LogP contribution in [0, 0.1) is 17.1 Å². The van der Waals surface area contributed by atoms with Gasteiger partial charge >= 0.3 is 6.18 Å².